The predicted octanol–water partition coefficient (Wildman–Crippen LogP) is 3.43. The summed E-state index contributed by atoms with van der Waals surface area (Å²) in [6.45, 7) is 2.12. The van der Waals surface area contributed by atoms with E-state index in [2.05, 4.69) is 15.6 Å². The third-order valence-corrected chi connectivity index (χ3v) is 3.79. The van der Waals surface area contributed by atoms with Crippen molar-refractivity contribution in [3.05, 3.63) is 52.1 Å². The summed E-state index contributed by atoms with van der Waals surface area (Å²) in [6, 6.07) is 8.66. The van der Waals surface area contributed by atoms with E-state index in [-0.39, 0.29) is 16.8 Å². The second kappa shape index (κ2) is 9.25. The van der Waals surface area contributed by atoms with Gasteiger partial charge in [-0.15, -0.1) is 0 Å². The summed E-state index contributed by atoms with van der Waals surface area (Å²) in [6.07, 6.45) is 1.71. The van der Waals surface area contributed by atoms with Gasteiger partial charge in [0.1, 0.15) is 5.02 Å². The first kappa shape index (κ1) is 19.0. The molecule has 0 aliphatic rings. The molecule has 6 nitrogen and oxygen atoms in total. The molecule has 0 saturated carbocycles. The molecule has 8 heteroatoms. The number of benzene rings is 1. The molecule has 1 aromatic carbocycles. The lowest BCUT2D eigenvalue weighted by molar-refractivity contribution is -0.128. The Morgan fingerprint density at radius 1 is 1.36 bits per heavy atom. The van der Waals surface area contributed by atoms with Gasteiger partial charge >= 0.3 is 0 Å². The zero-order valence-corrected chi connectivity index (χ0v) is 15.0. The second-order valence-electron chi connectivity index (χ2n) is 5.14. The Morgan fingerprint density at radius 3 is 2.84 bits per heavy atom. The summed E-state index contributed by atoms with van der Waals surface area (Å²) in [7, 11) is 0. The topological polar surface area (TPSA) is 80.3 Å². The number of hydrogen-bond acceptors (Lipinski definition) is 4. The van der Waals surface area contributed by atoms with E-state index in [9.17, 15) is 9.59 Å². The fourth-order valence-electron chi connectivity index (χ4n) is 2.09. The van der Waals surface area contributed by atoms with Gasteiger partial charge in [-0.2, -0.15) is 0 Å². The molecule has 2 N–H and O–H groups in total. The lowest BCUT2D eigenvalue weighted by Crippen LogP contribution is -2.37. The maximum Gasteiger partial charge on any atom is 0.261 e. The van der Waals surface area contributed by atoms with Gasteiger partial charge in [0.2, 0.25) is 12.3 Å². The van der Waals surface area contributed by atoms with E-state index in [0.29, 0.717) is 30.1 Å². The molecule has 2 aromatic rings. The van der Waals surface area contributed by atoms with E-state index < -0.39 is 6.10 Å². The zero-order chi connectivity index (χ0) is 18.2. The van der Waals surface area contributed by atoms with E-state index in [1.54, 1.807) is 18.2 Å². The van der Waals surface area contributed by atoms with Gasteiger partial charge in [0.15, 0.2) is 6.10 Å². The Bertz CT molecular complexity index is 756. The van der Waals surface area contributed by atoms with Gasteiger partial charge in [0.25, 0.3) is 5.91 Å². The van der Waals surface area contributed by atoms with Crippen molar-refractivity contribution in [1.82, 2.24) is 10.3 Å². The number of carbonyl (C=O) groups excluding carboxylic acids is 2. The molecule has 0 bridgehead atoms. The van der Waals surface area contributed by atoms with Crippen LogP contribution in [0.3, 0.4) is 0 Å². The number of hydrogen-bond donors (Lipinski definition) is 2. The van der Waals surface area contributed by atoms with E-state index in [1.165, 1.54) is 12.3 Å². The SMILES string of the molecule is CCC(Oc1ncc(Cl)cc1Cl)C(=O)NCc1cccc(NC=O)c1. The van der Waals surface area contributed by atoms with Crippen LogP contribution in [0.5, 0.6) is 5.88 Å². The molecule has 2 rings (SSSR count). The molecule has 1 heterocycles. The van der Waals surface area contributed by atoms with E-state index in [4.69, 9.17) is 27.9 Å². The first-order valence-electron chi connectivity index (χ1n) is 7.58. The normalized spacial score (nSPS) is 11.5. The third-order valence-electron chi connectivity index (χ3n) is 3.31. The van der Waals surface area contributed by atoms with Crippen LogP contribution < -0.4 is 15.4 Å². The van der Waals surface area contributed by atoms with Crippen molar-refractivity contribution in [1.29, 1.82) is 0 Å². The highest BCUT2D eigenvalue weighted by molar-refractivity contribution is 6.35. The minimum Gasteiger partial charge on any atom is -0.463 e. The first-order valence-corrected chi connectivity index (χ1v) is 8.33. The smallest absolute Gasteiger partial charge is 0.261 e. The Labute approximate surface area is 155 Å². The monoisotopic (exact) mass is 381 g/mol. The highest BCUT2D eigenvalue weighted by atomic mass is 35.5. The van der Waals surface area contributed by atoms with Gasteiger partial charge in [-0.05, 0) is 30.2 Å². The van der Waals surface area contributed by atoms with Crippen LogP contribution in [-0.2, 0) is 16.1 Å². The third kappa shape index (κ3) is 5.62. The summed E-state index contributed by atoms with van der Waals surface area (Å²) in [4.78, 5) is 26.8. The summed E-state index contributed by atoms with van der Waals surface area (Å²) in [5.41, 5.74) is 1.50. The fraction of sp³-hybridized carbons (Fsp3) is 0.235. The number of aromatic nitrogens is 1. The average Bonchev–Trinajstić information content (AvgIpc) is 2.60. The van der Waals surface area contributed by atoms with Crippen LogP contribution >= 0.6 is 23.2 Å². The molecule has 1 aromatic heterocycles. The van der Waals surface area contributed by atoms with Gasteiger partial charge in [0.05, 0.1) is 5.02 Å². The quantitative estimate of drug-likeness (QED) is 0.686. The lowest BCUT2D eigenvalue weighted by Gasteiger charge is -2.17. The molecule has 1 atom stereocenters. The number of anilines is 1. The molecule has 0 saturated heterocycles. The average molecular weight is 382 g/mol. The molecular formula is C17H17Cl2N3O3. The number of carbonyl (C=O) groups is 2. The van der Waals surface area contributed by atoms with Crippen LogP contribution in [0.4, 0.5) is 5.69 Å². The molecule has 132 valence electrons. The Morgan fingerprint density at radius 2 is 2.16 bits per heavy atom. The summed E-state index contributed by atoms with van der Waals surface area (Å²) in [5, 5.41) is 5.98. The second-order valence-corrected chi connectivity index (χ2v) is 5.98. The number of nitrogens with zero attached hydrogens (tertiary/aromatic N) is 1. The van der Waals surface area contributed by atoms with Crippen LogP contribution in [0.15, 0.2) is 36.5 Å². The highest BCUT2D eigenvalue weighted by Crippen LogP contribution is 2.25. The number of nitrogens with one attached hydrogen (secondary N) is 2. The molecule has 0 radical (unpaired) electrons. The van der Waals surface area contributed by atoms with Crippen LogP contribution in [0.1, 0.15) is 18.9 Å². The Kier molecular flexibility index (Phi) is 7.03. The van der Waals surface area contributed by atoms with E-state index in [1.807, 2.05) is 13.0 Å². The number of ether oxygens (including phenoxy) is 1. The van der Waals surface area contributed by atoms with Crippen molar-refractivity contribution in [3.63, 3.8) is 0 Å². The van der Waals surface area contributed by atoms with Crippen molar-refractivity contribution in [2.24, 2.45) is 0 Å². The molecule has 0 spiro atoms. The number of halogens is 2. The highest BCUT2D eigenvalue weighted by Gasteiger charge is 2.20. The molecule has 2 amide bonds. The molecule has 0 fully saturated rings. The van der Waals surface area contributed by atoms with Crippen LogP contribution in [0.25, 0.3) is 0 Å². The molecule has 0 aliphatic carbocycles. The number of amides is 2. The molecular weight excluding hydrogens is 365 g/mol. The standard InChI is InChI=1S/C17H17Cl2N3O3/c1-2-15(25-17-14(19)7-12(18)9-21-17)16(24)20-8-11-4-3-5-13(6-11)22-10-23/h3-7,9-10,15H,2,8H2,1H3,(H,20,24)(H,22,23). The lowest BCUT2D eigenvalue weighted by atomic mass is 10.2. The minimum absolute atomic E-state index is 0.158. The minimum atomic E-state index is -0.734. The maximum absolute atomic E-state index is 12.3. The van der Waals surface area contributed by atoms with Crippen LogP contribution in [0, 0.1) is 0 Å². The Hall–Kier alpha value is -2.31. The van der Waals surface area contributed by atoms with Crippen LogP contribution in [0.2, 0.25) is 10.0 Å². The van der Waals surface area contributed by atoms with Crippen molar-refractivity contribution >= 4 is 41.2 Å². The fourth-order valence-corrected chi connectivity index (χ4v) is 2.51. The molecule has 1 unspecified atom stereocenters. The van der Waals surface area contributed by atoms with Gasteiger partial charge in [-0.25, -0.2) is 4.98 Å². The van der Waals surface area contributed by atoms with Gasteiger partial charge in [-0.3, -0.25) is 9.59 Å². The Balaban J connectivity index is 1.97. The number of pyridine rings is 1. The summed E-state index contributed by atoms with van der Waals surface area (Å²) in [5.74, 6) is -0.130. The van der Waals surface area contributed by atoms with Crippen molar-refractivity contribution in [2.75, 3.05) is 5.32 Å². The van der Waals surface area contributed by atoms with Gasteiger partial charge in [-0.1, -0.05) is 42.3 Å². The maximum atomic E-state index is 12.3. The van der Waals surface area contributed by atoms with Crippen molar-refractivity contribution in [3.8, 4) is 5.88 Å². The van der Waals surface area contributed by atoms with Gasteiger partial charge in [0, 0.05) is 18.4 Å². The summed E-state index contributed by atoms with van der Waals surface area (Å²) >= 11 is 11.8. The molecule has 25 heavy (non-hydrogen) atoms. The predicted molar refractivity (Wildman–Crippen MR) is 96.9 cm³/mol. The first-order chi connectivity index (χ1) is 12.0. The molecule has 0 aliphatic heterocycles. The zero-order valence-electron chi connectivity index (χ0n) is 13.5. The van der Waals surface area contributed by atoms with Crippen molar-refractivity contribution < 1.29 is 14.3 Å². The van der Waals surface area contributed by atoms with E-state index in [0.717, 1.165) is 5.56 Å². The van der Waals surface area contributed by atoms with Crippen molar-refractivity contribution in [2.45, 2.75) is 26.0 Å². The summed E-state index contributed by atoms with van der Waals surface area (Å²) < 4.78 is 5.59. The largest absolute Gasteiger partial charge is 0.463 e. The van der Waals surface area contributed by atoms with Gasteiger partial charge < -0.3 is 15.4 Å². The van der Waals surface area contributed by atoms with Crippen LogP contribution in [-0.4, -0.2) is 23.4 Å². The number of rotatable bonds is 8. The van der Waals surface area contributed by atoms with E-state index >= 15 is 0 Å².